The highest BCUT2D eigenvalue weighted by Gasteiger charge is 2.12. The minimum atomic E-state index is 0.406. The molecule has 0 saturated carbocycles. The van der Waals surface area contributed by atoms with Crippen LogP contribution in [0.25, 0.3) is 0 Å². The van der Waals surface area contributed by atoms with E-state index in [4.69, 9.17) is 0 Å². The van der Waals surface area contributed by atoms with Gasteiger partial charge in [0.2, 0.25) is 0 Å². The summed E-state index contributed by atoms with van der Waals surface area (Å²) in [7, 11) is 2.06. The lowest BCUT2D eigenvalue weighted by Crippen LogP contribution is -2.19. The number of aromatic nitrogens is 4. The van der Waals surface area contributed by atoms with Crippen molar-refractivity contribution in [3.63, 3.8) is 0 Å². The third-order valence-corrected chi connectivity index (χ3v) is 3.74. The van der Waals surface area contributed by atoms with E-state index in [-0.39, 0.29) is 0 Å². The first kappa shape index (κ1) is 15.5. The van der Waals surface area contributed by atoms with Gasteiger partial charge in [0, 0.05) is 43.2 Å². The van der Waals surface area contributed by atoms with Gasteiger partial charge in [0.15, 0.2) is 0 Å². The molecular formula is C16H25N5. The fourth-order valence-corrected chi connectivity index (χ4v) is 2.36. The molecule has 0 saturated heterocycles. The molecule has 0 aliphatic rings. The van der Waals surface area contributed by atoms with E-state index >= 15 is 0 Å². The third-order valence-electron chi connectivity index (χ3n) is 3.74. The van der Waals surface area contributed by atoms with Gasteiger partial charge in [-0.05, 0) is 26.7 Å². The van der Waals surface area contributed by atoms with Crippen LogP contribution in [0, 0.1) is 13.8 Å². The minimum absolute atomic E-state index is 0.406. The molecule has 5 nitrogen and oxygen atoms in total. The van der Waals surface area contributed by atoms with E-state index in [1.807, 2.05) is 17.8 Å². The van der Waals surface area contributed by atoms with Crippen molar-refractivity contribution in [2.75, 3.05) is 11.9 Å². The highest BCUT2D eigenvalue weighted by atomic mass is 15.3. The molecule has 5 heteroatoms. The number of nitrogens with zero attached hydrogens (tertiary/aromatic N) is 5. The predicted molar refractivity (Wildman–Crippen MR) is 85.6 cm³/mol. The summed E-state index contributed by atoms with van der Waals surface area (Å²) in [5, 5.41) is 4.40. The quantitative estimate of drug-likeness (QED) is 0.848. The summed E-state index contributed by atoms with van der Waals surface area (Å²) in [5.41, 5.74) is 3.55. The first-order valence-corrected chi connectivity index (χ1v) is 7.50. The normalized spacial score (nSPS) is 11.2. The second-order valence-corrected chi connectivity index (χ2v) is 5.78. The average Bonchev–Trinajstić information content (AvgIpc) is 2.78. The Morgan fingerprint density at radius 2 is 1.95 bits per heavy atom. The van der Waals surface area contributed by atoms with Crippen molar-refractivity contribution in [2.24, 2.45) is 0 Å². The molecule has 114 valence electrons. The standard InChI is InChI=1S/C16H25N5/c1-7-21-12(4)14(9-17-21)10-20(6)16-8-15(11(2)3)18-13(5)19-16/h8-9,11H,7,10H2,1-6H3. The van der Waals surface area contributed by atoms with Gasteiger partial charge in [-0.25, -0.2) is 9.97 Å². The number of anilines is 1. The van der Waals surface area contributed by atoms with Crippen LogP contribution in [0.3, 0.4) is 0 Å². The summed E-state index contributed by atoms with van der Waals surface area (Å²) < 4.78 is 2.02. The molecule has 2 rings (SSSR count). The van der Waals surface area contributed by atoms with Gasteiger partial charge in [0.05, 0.1) is 6.20 Å². The van der Waals surface area contributed by atoms with Crippen LogP contribution in [-0.4, -0.2) is 26.8 Å². The summed E-state index contributed by atoms with van der Waals surface area (Å²) in [6.45, 7) is 12.2. The predicted octanol–water partition coefficient (Wildman–Crippen LogP) is 3.07. The van der Waals surface area contributed by atoms with Crippen molar-refractivity contribution >= 4 is 5.82 Å². The van der Waals surface area contributed by atoms with E-state index in [0.717, 1.165) is 30.4 Å². The highest BCUT2D eigenvalue weighted by Crippen LogP contribution is 2.20. The Morgan fingerprint density at radius 1 is 1.24 bits per heavy atom. The summed E-state index contributed by atoms with van der Waals surface area (Å²) in [5.74, 6) is 2.20. The highest BCUT2D eigenvalue weighted by molar-refractivity contribution is 5.41. The van der Waals surface area contributed by atoms with Crippen molar-refractivity contribution in [2.45, 2.75) is 53.6 Å². The minimum Gasteiger partial charge on any atom is -0.355 e. The van der Waals surface area contributed by atoms with Gasteiger partial charge in [0.1, 0.15) is 11.6 Å². The Morgan fingerprint density at radius 3 is 2.52 bits per heavy atom. The maximum Gasteiger partial charge on any atom is 0.132 e. The second kappa shape index (κ2) is 6.24. The van der Waals surface area contributed by atoms with Crippen LogP contribution in [0.2, 0.25) is 0 Å². The molecule has 0 aliphatic carbocycles. The van der Waals surface area contributed by atoms with Gasteiger partial charge < -0.3 is 4.90 Å². The van der Waals surface area contributed by atoms with Crippen LogP contribution in [-0.2, 0) is 13.1 Å². The molecule has 0 fully saturated rings. The van der Waals surface area contributed by atoms with E-state index in [1.54, 1.807) is 0 Å². The van der Waals surface area contributed by atoms with E-state index < -0.39 is 0 Å². The molecule has 0 radical (unpaired) electrons. The van der Waals surface area contributed by atoms with Crippen molar-refractivity contribution in [3.05, 3.63) is 35.0 Å². The zero-order valence-electron chi connectivity index (χ0n) is 13.9. The van der Waals surface area contributed by atoms with Crippen LogP contribution < -0.4 is 4.90 Å². The number of hydrogen-bond acceptors (Lipinski definition) is 4. The van der Waals surface area contributed by atoms with E-state index in [1.165, 1.54) is 11.3 Å². The number of aryl methyl sites for hydroxylation is 2. The maximum atomic E-state index is 4.56. The molecule has 0 unspecified atom stereocenters. The first-order chi connectivity index (χ1) is 9.92. The van der Waals surface area contributed by atoms with Crippen molar-refractivity contribution < 1.29 is 0 Å². The number of hydrogen-bond donors (Lipinski definition) is 0. The van der Waals surface area contributed by atoms with E-state index in [0.29, 0.717) is 5.92 Å². The molecule has 0 atom stereocenters. The molecule has 0 N–H and O–H groups in total. The molecule has 21 heavy (non-hydrogen) atoms. The molecule has 0 amide bonds. The van der Waals surface area contributed by atoms with Crippen molar-refractivity contribution in [1.29, 1.82) is 0 Å². The molecule has 0 aromatic carbocycles. The Kier molecular flexibility index (Phi) is 4.60. The summed E-state index contributed by atoms with van der Waals surface area (Å²) >= 11 is 0. The monoisotopic (exact) mass is 287 g/mol. The van der Waals surface area contributed by atoms with Crippen LogP contribution in [0.1, 0.15) is 49.5 Å². The molecule has 2 heterocycles. The zero-order valence-corrected chi connectivity index (χ0v) is 13.9. The molecule has 0 spiro atoms. The molecule has 0 bridgehead atoms. The lowest BCUT2D eigenvalue weighted by molar-refractivity contribution is 0.638. The largest absolute Gasteiger partial charge is 0.355 e. The van der Waals surface area contributed by atoms with E-state index in [2.05, 4.69) is 60.8 Å². The third kappa shape index (κ3) is 3.40. The SMILES string of the molecule is CCn1ncc(CN(C)c2cc(C(C)C)nc(C)n2)c1C. The molecular weight excluding hydrogens is 262 g/mol. The Bertz CT molecular complexity index is 615. The van der Waals surface area contributed by atoms with Gasteiger partial charge in [0.25, 0.3) is 0 Å². The van der Waals surface area contributed by atoms with Crippen LogP contribution >= 0.6 is 0 Å². The molecule has 0 aliphatic heterocycles. The second-order valence-electron chi connectivity index (χ2n) is 5.78. The zero-order chi connectivity index (χ0) is 15.6. The van der Waals surface area contributed by atoms with Gasteiger partial charge in [-0.1, -0.05) is 13.8 Å². The fourth-order valence-electron chi connectivity index (χ4n) is 2.36. The lowest BCUT2D eigenvalue weighted by atomic mass is 10.1. The summed E-state index contributed by atoms with van der Waals surface area (Å²) in [6.07, 6.45) is 1.95. The average molecular weight is 287 g/mol. The summed E-state index contributed by atoms with van der Waals surface area (Å²) in [4.78, 5) is 11.2. The van der Waals surface area contributed by atoms with Gasteiger partial charge in [-0.3, -0.25) is 4.68 Å². The molecule has 2 aromatic rings. The van der Waals surface area contributed by atoms with Gasteiger partial charge >= 0.3 is 0 Å². The summed E-state index contributed by atoms with van der Waals surface area (Å²) in [6, 6.07) is 2.08. The van der Waals surface area contributed by atoms with Crippen molar-refractivity contribution in [3.8, 4) is 0 Å². The lowest BCUT2D eigenvalue weighted by Gasteiger charge is -2.19. The first-order valence-electron chi connectivity index (χ1n) is 7.50. The van der Waals surface area contributed by atoms with Gasteiger partial charge in [-0.15, -0.1) is 0 Å². The van der Waals surface area contributed by atoms with Gasteiger partial charge in [-0.2, -0.15) is 5.10 Å². The van der Waals surface area contributed by atoms with Crippen LogP contribution in [0.5, 0.6) is 0 Å². The fraction of sp³-hybridized carbons (Fsp3) is 0.562. The molecule has 2 aromatic heterocycles. The van der Waals surface area contributed by atoms with Crippen LogP contribution in [0.15, 0.2) is 12.3 Å². The van der Waals surface area contributed by atoms with Crippen molar-refractivity contribution in [1.82, 2.24) is 19.7 Å². The maximum absolute atomic E-state index is 4.56. The Labute approximate surface area is 127 Å². The van der Waals surface area contributed by atoms with E-state index in [9.17, 15) is 0 Å². The smallest absolute Gasteiger partial charge is 0.132 e. The topological polar surface area (TPSA) is 46.8 Å². The number of rotatable bonds is 5. The van der Waals surface area contributed by atoms with Crippen LogP contribution in [0.4, 0.5) is 5.82 Å². The Balaban J connectivity index is 2.23. The Hall–Kier alpha value is -1.91.